The highest BCUT2D eigenvalue weighted by atomic mass is 32.2. The summed E-state index contributed by atoms with van der Waals surface area (Å²) in [5.74, 6) is -0.842. The first-order valence-corrected chi connectivity index (χ1v) is 10.7. The van der Waals surface area contributed by atoms with E-state index in [4.69, 9.17) is 4.74 Å². The second-order valence-corrected chi connectivity index (χ2v) is 8.66. The van der Waals surface area contributed by atoms with Crippen LogP contribution < -0.4 is 9.04 Å². The predicted octanol–water partition coefficient (Wildman–Crippen LogP) is 3.97. The third kappa shape index (κ3) is 4.52. The molecule has 0 spiro atoms. The molecule has 0 heterocycles. The number of benzene rings is 3. The molecule has 0 aliphatic heterocycles. The summed E-state index contributed by atoms with van der Waals surface area (Å²) in [7, 11) is -2.75. The fraction of sp³-hybridized carbons (Fsp3) is 0.130. The van der Waals surface area contributed by atoms with Crippen LogP contribution in [-0.2, 0) is 16.6 Å². The molecule has 0 saturated heterocycles. The molecule has 3 aromatic carbocycles. The number of anilines is 1. The maximum Gasteiger partial charge on any atom is 0.337 e. The van der Waals surface area contributed by atoms with Crippen LogP contribution in [0.3, 0.4) is 0 Å². The molecule has 3 rings (SSSR count). The first-order valence-electron chi connectivity index (χ1n) is 9.26. The van der Waals surface area contributed by atoms with E-state index in [1.165, 1.54) is 43.5 Å². The van der Waals surface area contributed by atoms with Crippen LogP contribution in [-0.4, -0.2) is 26.6 Å². The fourth-order valence-corrected chi connectivity index (χ4v) is 4.69. The molecule has 0 amide bonds. The van der Waals surface area contributed by atoms with Gasteiger partial charge >= 0.3 is 5.97 Å². The molecule has 0 aliphatic rings. The minimum atomic E-state index is -4.22. The van der Waals surface area contributed by atoms with Gasteiger partial charge in [0, 0.05) is 0 Å². The standard InChI is InChI=1S/C23H20N2O5S/c1-16-12-18(14-24)22(21(13-16)23(26)27)25(15-17-6-4-3-5-7-17)31(28,29)20-10-8-19(30-2)9-11-20/h3-13H,15H2,1-2H3,(H,26,27). The van der Waals surface area contributed by atoms with Gasteiger partial charge in [0.15, 0.2) is 0 Å². The van der Waals surface area contributed by atoms with Crippen LogP contribution >= 0.6 is 0 Å². The molecule has 7 nitrogen and oxygen atoms in total. The van der Waals surface area contributed by atoms with Gasteiger partial charge in [-0.2, -0.15) is 5.26 Å². The van der Waals surface area contributed by atoms with E-state index in [1.807, 2.05) is 6.07 Å². The SMILES string of the molecule is COc1ccc(S(=O)(=O)N(Cc2ccccc2)c2c(C#N)cc(C)cc2C(=O)O)cc1. The molecule has 3 aromatic rings. The van der Waals surface area contributed by atoms with Crippen LogP contribution in [0, 0.1) is 18.3 Å². The molecule has 1 N–H and O–H groups in total. The number of nitrogens with zero attached hydrogens (tertiary/aromatic N) is 2. The number of carboxylic acid groups (broad SMARTS) is 1. The van der Waals surface area contributed by atoms with Crippen molar-refractivity contribution in [3.8, 4) is 11.8 Å². The lowest BCUT2D eigenvalue weighted by molar-refractivity contribution is 0.0697. The smallest absolute Gasteiger partial charge is 0.337 e. The summed E-state index contributed by atoms with van der Waals surface area (Å²) in [5.41, 5.74) is 0.717. The van der Waals surface area contributed by atoms with Crippen molar-refractivity contribution < 1.29 is 23.1 Å². The molecule has 158 valence electrons. The third-order valence-electron chi connectivity index (χ3n) is 4.67. The average molecular weight is 436 g/mol. The third-order valence-corrected chi connectivity index (χ3v) is 6.43. The van der Waals surface area contributed by atoms with Gasteiger partial charge in [0.25, 0.3) is 10.0 Å². The summed E-state index contributed by atoms with van der Waals surface area (Å²) in [6.45, 7) is 1.50. The molecule has 0 bridgehead atoms. The molecular weight excluding hydrogens is 416 g/mol. The highest BCUT2D eigenvalue weighted by molar-refractivity contribution is 7.92. The zero-order valence-electron chi connectivity index (χ0n) is 16.9. The second kappa shape index (κ2) is 8.90. The second-order valence-electron chi connectivity index (χ2n) is 6.80. The minimum absolute atomic E-state index is 0.0367. The Hall–Kier alpha value is -3.83. The van der Waals surface area contributed by atoms with Gasteiger partial charge in [-0.05, 0) is 54.4 Å². The van der Waals surface area contributed by atoms with Gasteiger partial charge in [-0.3, -0.25) is 4.31 Å². The van der Waals surface area contributed by atoms with E-state index in [2.05, 4.69) is 0 Å². The zero-order valence-corrected chi connectivity index (χ0v) is 17.8. The molecule has 0 saturated carbocycles. The fourth-order valence-electron chi connectivity index (χ4n) is 3.20. The van der Waals surface area contributed by atoms with Crippen LogP contribution in [0.15, 0.2) is 71.6 Å². The Bertz CT molecular complexity index is 1250. The number of hydrogen-bond donors (Lipinski definition) is 1. The van der Waals surface area contributed by atoms with Crippen LogP contribution in [0.1, 0.15) is 27.0 Å². The van der Waals surface area contributed by atoms with Gasteiger partial charge in [0.1, 0.15) is 11.8 Å². The summed E-state index contributed by atoms with van der Waals surface area (Å²) in [4.78, 5) is 11.9. The first kappa shape index (κ1) is 21.9. The molecule has 8 heteroatoms. The van der Waals surface area contributed by atoms with Gasteiger partial charge in [0.05, 0.1) is 35.4 Å². The number of ether oxygens (including phenoxy) is 1. The van der Waals surface area contributed by atoms with E-state index in [-0.39, 0.29) is 28.3 Å². The lowest BCUT2D eigenvalue weighted by Gasteiger charge is -2.27. The Kier molecular flexibility index (Phi) is 6.28. The van der Waals surface area contributed by atoms with E-state index in [9.17, 15) is 23.6 Å². The van der Waals surface area contributed by atoms with E-state index in [0.717, 1.165) is 4.31 Å². The maximum atomic E-state index is 13.6. The highest BCUT2D eigenvalue weighted by Gasteiger charge is 2.31. The monoisotopic (exact) mass is 436 g/mol. The largest absolute Gasteiger partial charge is 0.497 e. The van der Waals surface area contributed by atoms with E-state index < -0.39 is 16.0 Å². The highest BCUT2D eigenvalue weighted by Crippen LogP contribution is 2.33. The van der Waals surface area contributed by atoms with Crippen LogP contribution in [0.5, 0.6) is 5.75 Å². The number of methoxy groups -OCH3 is 1. The van der Waals surface area contributed by atoms with Crippen molar-refractivity contribution in [1.29, 1.82) is 5.26 Å². The summed E-state index contributed by atoms with van der Waals surface area (Å²) in [6.07, 6.45) is 0. The van der Waals surface area contributed by atoms with Crippen molar-refractivity contribution in [2.45, 2.75) is 18.4 Å². The molecular formula is C23H20N2O5S. The Labute approximate surface area is 180 Å². The van der Waals surface area contributed by atoms with Crippen LogP contribution in [0.4, 0.5) is 5.69 Å². The van der Waals surface area contributed by atoms with Crippen molar-refractivity contribution in [3.63, 3.8) is 0 Å². The van der Waals surface area contributed by atoms with Crippen molar-refractivity contribution in [2.24, 2.45) is 0 Å². The lowest BCUT2D eigenvalue weighted by atomic mass is 10.0. The Morgan fingerprint density at radius 2 is 1.74 bits per heavy atom. The van der Waals surface area contributed by atoms with E-state index >= 15 is 0 Å². The maximum absolute atomic E-state index is 13.6. The molecule has 0 aromatic heterocycles. The molecule has 0 aliphatic carbocycles. The molecule has 0 atom stereocenters. The number of carbonyl (C=O) groups is 1. The van der Waals surface area contributed by atoms with E-state index in [0.29, 0.717) is 16.9 Å². The number of aromatic carboxylic acids is 1. The van der Waals surface area contributed by atoms with Gasteiger partial charge in [-0.25, -0.2) is 13.2 Å². The van der Waals surface area contributed by atoms with Crippen molar-refractivity contribution in [2.75, 3.05) is 11.4 Å². The number of sulfonamides is 1. The number of nitriles is 1. The first-order chi connectivity index (χ1) is 14.8. The van der Waals surface area contributed by atoms with Gasteiger partial charge in [-0.1, -0.05) is 30.3 Å². The Morgan fingerprint density at radius 1 is 1.10 bits per heavy atom. The van der Waals surface area contributed by atoms with Gasteiger partial charge in [-0.15, -0.1) is 0 Å². The van der Waals surface area contributed by atoms with Crippen molar-refractivity contribution >= 4 is 21.7 Å². The van der Waals surface area contributed by atoms with Gasteiger partial charge < -0.3 is 9.84 Å². The van der Waals surface area contributed by atoms with E-state index in [1.54, 1.807) is 37.3 Å². The molecule has 0 radical (unpaired) electrons. The Morgan fingerprint density at radius 3 is 2.29 bits per heavy atom. The number of aryl methyl sites for hydroxylation is 1. The van der Waals surface area contributed by atoms with Gasteiger partial charge in [0.2, 0.25) is 0 Å². The quantitative estimate of drug-likeness (QED) is 0.600. The minimum Gasteiger partial charge on any atom is -0.497 e. The predicted molar refractivity (Wildman–Crippen MR) is 116 cm³/mol. The summed E-state index contributed by atoms with van der Waals surface area (Å²) in [6, 6.07) is 19.3. The number of hydrogen-bond acceptors (Lipinski definition) is 5. The molecule has 31 heavy (non-hydrogen) atoms. The number of carboxylic acids is 1. The Balaban J connectivity index is 2.28. The van der Waals surface area contributed by atoms with Crippen molar-refractivity contribution in [3.05, 3.63) is 89.0 Å². The molecule has 0 unspecified atom stereocenters. The topological polar surface area (TPSA) is 108 Å². The number of rotatable bonds is 7. The zero-order chi connectivity index (χ0) is 22.6. The molecule has 0 fully saturated rings. The van der Waals surface area contributed by atoms with Crippen LogP contribution in [0.25, 0.3) is 0 Å². The van der Waals surface area contributed by atoms with Crippen molar-refractivity contribution in [1.82, 2.24) is 0 Å². The normalized spacial score (nSPS) is 10.9. The summed E-state index contributed by atoms with van der Waals surface area (Å²) >= 11 is 0. The van der Waals surface area contributed by atoms with Crippen LogP contribution in [0.2, 0.25) is 0 Å². The summed E-state index contributed by atoms with van der Waals surface area (Å²) < 4.78 is 33.4. The lowest BCUT2D eigenvalue weighted by Crippen LogP contribution is -2.32. The average Bonchev–Trinajstić information content (AvgIpc) is 2.77. The summed E-state index contributed by atoms with van der Waals surface area (Å²) in [5, 5.41) is 19.5.